The predicted octanol–water partition coefficient (Wildman–Crippen LogP) is 5.06. The molecule has 4 rings (SSSR count). The van der Waals surface area contributed by atoms with Gasteiger partial charge in [0.25, 0.3) is 0 Å². The Morgan fingerprint density at radius 1 is 1.22 bits per heavy atom. The molecule has 0 bridgehead atoms. The first kappa shape index (κ1) is 26.8. The number of fused-ring (bicyclic) bond motifs is 1. The highest BCUT2D eigenvalue weighted by Gasteiger charge is 2.33. The smallest absolute Gasteiger partial charge is 0.390 e. The van der Waals surface area contributed by atoms with Crippen LogP contribution in [-0.4, -0.2) is 79.4 Å². The molecule has 1 fully saturated rings. The van der Waals surface area contributed by atoms with Crippen LogP contribution >= 0.6 is 0 Å². The molecule has 2 N–H and O–H groups in total. The van der Waals surface area contributed by atoms with E-state index in [0.29, 0.717) is 31.9 Å². The van der Waals surface area contributed by atoms with Crippen LogP contribution in [0.4, 0.5) is 18.9 Å². The maximum Gasteiger partial charge on any atom is 0.390 e. The van der Waals surface area contributed by atoms with Crippen molar-refractivity contribution in [2.24, 2.45) is 0 Å². The summed E-state index contributed by atoms with van der Waals surface area (Å²) < 4.78 is 44.7. The first-order chi connectivity index (χ1) is 17.5. The number of nitrogens with zero attached hydrogens (tertiary/aromatic N) is 3. The number of piperazine rings is 1. The van der Waals surface area contributed by atoms with Crippen LogP contribution in [0.15, 0.2) is 36.5 Å². The molecule has 2 heterocycles. The zero-order valence-corrected chi connectivity index (χ0v) is 21.5. The molecule has 2 aromatic carbocycles. The van der Waals surface area contributed by atoms with Gasteiger partial charge in [-0.1, -0.05) is 6.07 Å². The molecule has 0 aliphatic carbocycles. The van der Waals surface area contributed by atoms with Gasteiger partial charge in [0.15, 0.2) is 0 Å². The number of aromatic carboxylic acids is 1. The summed E-state index contributed by atoms with van der Waals surface area (Å²) >= 11 is 0. The van der Waals surface area contributed by atoms with Gasteiger partial charge in [0.1, 0.15) is 5.75 Å². The maximum absolute atomic E-state index is 13.0. The lowest BCUT2D eigenvalue weighted by atomic mass is 9.97. The molecule has 0 unspecified atom stereocenters. The number of hydrogen-bond acceptors (Lipinski definition) is 5. The Labute approximate surface area is 214 Å². The Balaban J connectivity index is 1.72. The molecule has 0 amide bonds. The van der Waals surface area contributed by atoms with E-state index in [2.05, 4.69) is 9.88 Å². The third-order valence-electron chi connectivity index (χ3n) is 7.10. The van der Waals surface area contributed by atoms with Crippen molar-refractivity contribution >= 4 is 22.6 Å². The number of nitrogens with one attached hydrogen (secondary N) is 1. The summed E-state index contributed by atoms with van der Waals surface area (Å²) in [6.45, 7) is 3.94. The van der Waals surface area contributed by atoms with Crippen molar-refractivity contribution in [2.75, 3.05) is 52.3 Å². The number of halogens is 3. The third kappa shape index (κ3) is 5.86. The van der Waals surface area contributed by atoms with Crippen molar-refractivity contribution in [3.63, 3.8) is 0 Å². The molecule has 3 aromatic rings. The number of H-pyrrole nitrogens is 1. The first-order valence-electron chi connectivity index (χ1n) is 12.2. The first-order valence-corrected chi connectivity index (χ1v) is 12.2. The number of rotatable bonds is 8. The van der Waals surface area contributed by atoms with Crippen molar-refractivity contribution in [1.82, 2.24) is 14.8 Å². The van der Waals surface area contributed by atoms with E-state index in [-0.39, 0.29) is 18.2 Å². The van der Waals surface area contributed by atoms with Crippen LogP contribution in [0.2, 0.25) is 0 Å². The van der Waals surface area contributed by atoms with E-state index < -0.39 is 18.6 Å². The highest BCUT2D eigenvalue weighted by atomic mass is 19.4. The number of carbonyl (C=O) groups is 1. The van der Waals surface area contributed by atoms with Crippen LogP contribution in [0.3, 0.4) is 0 Å². The number of methoxy groups -OCH3 is 1. The molecule has 1 atom stereocenters. The van der Waals surface area contributed by atoms with Crippen LogP contribution in [0, 0.1) is 6.92 Å². The van der Waals surface area contributed by atoms with E-state index in [9.17, 15) is 23.1 Å². The SMILES string of the molecule is COc1cc(C)c2[nH]ccc2c1CN1CCN(CCC(F)(F)F)C[C@H]1c1ccc(C(=O)O)c(N(C)C)c1. The molecule has 7 nitrogen and oxygen atoms in total. The van der Waals surface area contributed by atoms with Gasteiger partial charge in [-0.05, 0) is 42.3 Å². The van der Waals surface area contributed by atoms with Crippen LogP contribution in [0.1, 0.15) is 39.5 Å². The summed E-state index contributed by atoms with van der Waals surface area (Å²) in [6, 6.07) is 8.97. The summed E-state index contributed by atoms with van der Waals surface area (Å²) in [5.41, 5.74) is 4.69. The summed E-state index contributed by atoms with van der Waals surface area (Å²) in [6.07, 6.45) is -3.19. The number of hydrogen-bond donors (Lipinski definition) is 2. The molecule has 1 aliphatic heterocycles. The van der Waals surface area contributed by atoms with Crippen LogP contribution in [0.5, 0.6) is 5.75 Å². The molecule has 1 aliphatic rings. The standard InChI is InChI=1S/C27H33F3N4O3/c1-17-13-24(37-4)21(19-7-9-31-25(17)19)15-34-12-11-33(10-8-27(28,29)30)16-23(34)18-5-6-20(26(35)36)22(14-18)32(2)3/h5-7,9,13-14,23,31H,8,10-12,15-16H2,1-4H3,(H,35,36)/t23-/m0/s1. The second-order valence-corrected chi connectivity index (χ2v) is 9.77. The zero-order valence-electron chi connectivity index (χ0n) is 21.5. The molecule has 37 heavy (non-hydrogen) atoms. The summed E-state index contributed by atoms with van der Waals surface area (Å²) in [4.78, 5) is 20.9. The van der Waals surface area contributed by atoms with Gasteiger partial charge in [-0.15, -0.1) is 0 Å². The average Bonchev–Trinajstić information content (AvgIpc) is 3.34. The second-order valence-electron chi connectivity index (χ2n) is 9.77. The predicted molar refractivity (Wildman–Crippen MR) is 138 cm³/mol. The molecule has 0 spiro atoms. The van der Waals surface area contributed by atoms with Crippen LogP contribution < -0.4 is 9.64 Å². The highest BCUT2D eigenvalue weighted by molar-refractivity contribution is 5.94. The fraction of sp³-hybridized carbons (Fsp3) is 0.444. The van der Waals surface area contributed by atoms with Crippen molar-refractivity contribution in [3.05, 3.63) is 58.8 Å². The van der Waals surface area contributed by atoms with Gasteiger partial charge in [0.2, 0.25) is 0 Å². The number of alkyl halides is 3. The molecule has 0 radical (unpaired) electrons. The topological polar surface area (TPSA) is 72.0 Å². The van der Waals surface area contributed by atoms with E-state index in [0.717, 1.165) is 33.3 Å². The van der Waals surface area contributed by atoms with Gasteiger partial charge < -0.3 is 19.7 Å². The number of aromatic nitrogens is 1. The fourth-order valence-electron chi connectivity index (χ4n) is 5.16. The van der Waals surface area contributed by atoms with Crippen molar-refractivity contribution in [3.8, 4) is 5.75 Å². The molecule has 1 aromatic heterocycles. The molecular weight excluding hydrogens is 485 g/mol. The van der Waals surface area contributed by atoms with Crippen LogP contribution in [-0.2, 0) is 6.54 Å². The summed E-state index contributed by atoms with van der Waals surface area (Å²) in [7, 11) is 5.19. The molecular formula is C27H33F3N4O3. The van der Waals surface area contributed by atoms with Gasteiger partial charge in [-0.3, -0.25) is 9.80 Å². The van der Waals surface area contributed by atoms with E-state index in [1.165, 1.54) is 0 Å². The molecule has 0 saturated carbocycles. The average molecular weight is 519 g/mol. The van der Waals surface area contributed by atoms with E-state index in [1.807, 2.05) is 36.2 Å². The van der Waals surface area contributed by atoms with E-state index in [4.69, 9.17) is 4.74 Å². The van der Waals surface area contributed by atoms with Gasteiger partial charge >= 0.3 is 12.1 Å². The van der Waals surface area contributed by atoms with Gasteiger partial charge in [-0.25, -0.2) is 4.79 Å². The number of carboxylic acid groups (broad SMARTS) is 1. The number of benzene rings is 2. The molecule has 200 valence electrons. The summed E-state index contributed by atoms with van der Waals surface area (Å²) in [5, 5.41) is 10.7. The number of aryl methyl sites for hydroxylation is 1. The highest BCUT2D eigenvalue weighted by Crippen LogP contribution is 2.36. The third-order valence-corrected chi connectivity index (χ3v) is 7.10. The largest absolute Gasteiger partial charge is 0.496 e. The maximum atomic E-state index is 13.0. The summed E-state index contributed by atoms with van der Waals surface area (Å²) in [5.74, 6) is -0.264. The van der Waals surface area contributed by atoms with Gasteiger partial charge in [0.05, 0.1) is 24.8 Å². The Kier molecular flexibility index (Phi) is 7.70. The Morgan fingerprint density at radius 2 is 1.97 bits per heavy atom. The number of carboxylic acids is 1. The molecule has 1 saturated heterocycles. The van der Waals surface area contributed by atoms with Crippen molar-refractivity contribution in [1.29, 1.82) is 0 Å². The Morgan fingerprint density at radius 3 is 2.62 bits per heavy atom. The van der Waals surface area contributed by atoms with Gasteiger partial charge in [-0.2, -0.15) is 13.2 Å². The van der Waals surface area contributed by atoms with Crippen molar-refractivity contribution in [2.45, 2.75) is 32.1 Å². The minimum Gasteiger partial charge on any atom is -0.496 e. The Hall–Kier alpha value is -3.24. The lowest BCUT2D eigenvalue weighted by Crippen LogP contribution is -2.48. The monoisotopic (exact) mass is 518 g/mol. The minimum atomic E-state index is -4.22. The number of aromatic amines is 1. The second kappa shape index (κ2) is 10.6. The number of ether oxygens (including phenoxy) is 1. The van der Waals surface area contributed by atoms with Gasteiger partial charge in [0, 0.05) is 75.5 Å². The van der Waals surface area contributed by atoms with E-state index >= 15 is 0 Å². The lowest BCUT2D eigenvalue weighted by Gasteiger charge is -2.42. The normalized spacial score (nSPS) is 17.3. The Bertz CT molecular complexity index is 1270. The molecule has 10 heteroatoms. The van der Waals surface area contributed by atoms with E-state index in [1.54, 1.807) is 38.2 Å². The fourth-order valence-corrected chi connectivity index (χ4v) is 5.16. The quantitative estimate of drug-likeness (QED) is 0.434. The lowest BCUT2D eigenvalue weighted by molar-refractivity contribution is -0.139. The number of anilines is 1. The van der Waals surface area contributed by atoms with Crippen molar-refractivity contribution < 1.29 is 27.8 Å². The minimum absolute atomic E-state index is 0.0719. The zero-order chi connectivity index (χ0) is 26.9. The van der Waals surface area contributed by atoms with Crippen LogP contribution in [0.25, 0.3) is 10.9 Å².